The van der Waals surface area contributed by atoms with Crippen molar-refractivity contribution in [2.75, 3.05) is 171 Å². The number of carbonyl (C=O) groups excluding carboxylic acids is 10. The van der Waals surface area contributed by atoms with Crippen molar-refractivity contribution in [2.24, 2.45) is 17.6 Å². The van der Waals surface area contributed by atoms with E-state index in [1.54, 1.807) is 89.1 Å². The third kappa shape index (κ3) is 30.0. The maximum absolute atomic E-state index is 13.9. The Morgan fingerprint density at radius 3 is 1.94 bits per heavy atom. The maximum atomic E-state index is 13.9. The fraction of sp³-hybridized carbons (Fsp3) is 0.558. The van der Waals surface area contributed by atoms with E-state index in [4.69, 9.17) is 67.6 Å². The van der Waals surface area contributed by atoms with Crippen molar-refractivity contribution in [3.05, 3.63) is 136 Å². The molecule has 0 unspecified atom stereocenters. The highest BCUT2D eigenvalue weighted by Crippen LogP contribution is 2.41. The number of aromatic nitrogens is 5. The lowest BCUT2D eigenvalue weighted by atomic mass is 9.81. The molecule has 9 rings (SSSR count). The van der Waals surface area contributed by atoms with Crippen LogP contribution in [0.5, 0.6) is 5.75 Å². The quantitative estimate of drug-likeness (QED) is 0.0123. The van der Waals surface area contributed by atoms with Crippen molar-refractivity contribution in [3.8, 4) is 17.1 Å². The molecule has 4 aliphatic rings. The lowest BCUT2D eigenvalue weighted by Gasteiger charge is -2.31. The largest absolute Gasteiger partial charge is 0.458 e. The highest BCUT2D eigenvalue weighted by atomic mass is 16.6. The molecule has 0 saturated heterocycles. The minimum absolute atomic E-state index is 0.0193. The van der Waals surface area contributed by atoms with Crippen LogP contribution in [0.2, 0.25) is 0 Å². The number of pyridine rings is 2. The highest BCUT2D eigenvalue weighted by Gasteiger charge is 2.46. The van der Waals surface area contributed by atoms with Gasteiger partial charge in [-0.2, -0.15) is 0 Å². The number of allylic oxidation sites excluding steroid dienone is 3. The first-order valence-corrected chi connectivity index (χ1v) is 42.2. The first-order valence-electron chi connectivity index (χ1n) is 42.2. The number of nitrogens with zero attached hydrogens (tertiary/aromatic N) is 8. The predicted octanol–water partition coefficient (Wildman–Crippen LogP) is 3.81. The summed E-state index contributed by atoms with van der Waals surface area (Å²) in [7, 11) is 3.06. The number of nitrogens with one attached hydrogen (secondary N) is 5. The number of likely N-dealkylation sites (N-methyl/N-ethyl adjacent to an activating group) is 2. The molecular formula is C86H118N14O24. The predicted molar refractivity (Wildman–Crippen MR) is 449 cm³/mol. The summed E-state index contributed by atoms with van der Waals surface area (Å²) < 4.78 is 69.7. The van der Waals surface area contributed by atoms with Crippen LogP contribution in [0, 0.1) is 11.8 Å². The first kappa shape index (κ1) is 97.0. The Bertz CT molecular complexity index is 4490. The smallest absolute Gasteiger partial charge is 0.415 e. The SMILES string of the molecule is C=C/C=C\CC[C@H](NC(=O)COCC(=O)NCCOCCOCCOCCOCCOCCOCCOCCOCCn1cc(CNC(=O)C2CCC(CN3C(=O)C=CC3=O)CC2)nn1)C(=O)N[C@@H](CCCCN)C(=O)Nc1ccc(COC(=O)N(C)CCN(C)C(=O)Oc2ccc3nc4c(c(CC)c3c2)Cn2c-4cc3c(c2=O)COC(=O)[C@]3(O)CC)cc1. The number of amides is 9. The highest BCUT2D eigenvalue weighted by molar-refractivity contribution is 6.13. The summed E-state index contributed by atoms with van der Waals surface area (Å²) in [6.07, 6.45) is 13.4. The van der Waals surface area contributed by atoms with Crippen LogP contribution in [0.1, 0.15) is 112 Å². The van der Waals surface area contributed by atoms with Gasteiger partial charge in [-0.1, -0.05) is 56.0 Å². The number of imide groups is 1. The number of carbonyl (C=O) groups is 10. The van der Waals surface area contributed by atoms with E-state index in [1.165, 1.54) is 40.9 Å². The Morgan fingerprint density at radius 1 is 0.702 bits per heavy atom. The summed E-state index contributed by atoms with van der Waals surface area (Å²) >= 11 is 0. The Kier molecular flexibility index (Phi) is 40.3. The first-order chi connectivity index (χ1) is 60.1. The number of aryl methyl sites for hydroxylation is 1. The molecule has 1 fully saturated rings. The molecule has 676 valence electrons. The second-order valence-corrected chi connectivity index (χ2v) is 30.0. The monoisotopic (exact) mass is 1730 g/mol. The third-order valence-electron chi connectivity index (χ3n) is 21.1. The second-order valence-electron chi connectivity index (χ2n) is 30.0. The van der Waals surface area contributed by atoms with E-state index >= 15 is 0 Å². The summed E-state index contributed by atoms with van der Waals surface area (Å²) in [5, 5.41) is 34.2. The van der Waals surface area contributed by atoms with Gasteiger partial charge in [-0.05, 0) is 131 Å². The van der Waals surface area contributed by atoms with Crippen molar-refractivity contribution in [3.63, 3.8) is 0 Å². The van der Waals surface area contributed by atoms with Crippen molar-refractivity contribution in [2.45, 2.75) is 135 Å². The Hall–Kier alpha value is -10.8. The Balaban J connectivity index is 0.550. The topological polar surface area (TPSA) is 463 Å². The molecule has 0 radical (unpaired) electrons. The average Bonchev–Trinajstić information content (AvgIpc) is 1.54. The number of cyclic esters (lactones) is 1. The van der Waals surface area contributed by atoms with Gasteiger partial charge < -0.3 is 109 Å². The molecule has 3 aliphatic heterocycles. The molecular weight excluding hydrogens is 1610 g/mol. The molecule has 5 aromatic rings. The van der Waals surface area contributed by atoms with Gasteiger partial charge in [-0.3, -0.25) is 43.3 Å². The zero-order chi connectivity index (χ0) is 88.6. The van der Waals surface area contributed by atoms with Crippen LogP contribution in [-0.2, 0) is 135 Å². The van der Waals surface area contributed by atoms with Crippen LogP contribution in [0.25, 0.3) is 22.3 Å². The number of unbranched alkanes of at least 4 members (excludes halogenated alkanes) is 1. The number of hydrogen-bond donors (Lipinski definition) is 7. The van der Waals surface area contributed by atoms with E-state index in [1.807, 2.05) is 6.92 Å². The standard InChI is InChI=1S/C86H118N14O24/c1-6-9-10-11-14-71(91-75(102)58-121-57-74(101)88-29-33-113-35-37-115-39-41-117-43-45-119-47-48-120-46-44-118-42-40-116-38-36-114-34-32-98-53-63(94-95-98)51-89-79(105)61-20-16-59(17-21-61)52-100-76(103)26-27-77(100)104)81(107)93-72(15-12-13-28-87)80(106)90-62-22-18-60(19-23-62)55-123-84(110)96(4)30-31-97(5)85(111)124-64-24-25-70-66(49-64)65(7-2)67-54-99-73(78(67)92-70)50-69-68(82(99)108)56-122-83(109)86(69,112)8-3/h6,9-10,18-19,22-27,49-50,53,59,61,71-72,112H,1,7-8,11-17,20-21,28-48,51-52,54-58,87H2,2-5H3,(H,88,101)(H,89,105)(H,90,106)(H,91,102)(H,93,107)/b10-9-/t59?,61?,71-,72-,86-/m0/s1. The van der Waals surface area contributed by atoms with E-state index < -0.39 is 72.7 Å². The van der Waals surface area contributed by atoms with Gasteiger partial charge in [0, 0.05) is 80.5 Å². The fourth-order valence-electron chi connectivity index (χ4n) is 14.1. The van der Waals surface area contributed by atoms with Gasteiger partial charge in [0.05, 0.1) is 154 Å². The number of fused-ring (bicyclic) bond motifs is 5. The van der Waals surface area contributed by atoms with Crippen LogP contribution in [0.3, 0.4) is 0 Å². The molecule has 1 aliphatic carbocycles. The second kappa shape index (κ2) is 51.5. The number of ether oxygens (including phenoxy) is 12. The molecule has 0 bridgehead atoms. The van der Waals surface area contributed by atoms with Crippen LogP contribution in [0.15, 0.2) is 96.5 Å². The number of esters is 1. The Morgan fingerprint density at radius 2 is 1.31 bits per heavy atom. The van der Waals surface area contributed by atoms with Gasteiger partial charge in [0.15, 0.2) is 5.60 Å². The third-order valence-corrected chi connectivity index (χ3v) is 21.1. The lowest BCUT2D eigenvalue weighted by Crippen LogP contribution is -2.53. The van der Waals surface area contributed by atoms with Crippen molar-refractivity contribution >= 4 is 76.1 Å². The van der Waals surface area contributed by atoms with Crippen LogP contribution < -0.4 is 42.6 Å². The average molecular weight is 1730 g/mol. The summed E-state index contributed by atoms with van der Waals surface area (Å²) in [4.78, 5) is 152. The number of hydrogen-bond acceptors (Lipinski definition) is 28. The van der Waals surface area contributed by atoms with Gasteiger partial charge in [0.25, 0.3) is 17.4 Å². The molecule has 2 aromatic carbocycles. The summed E-state index contributed by atoms with van der Waals surface area (Å²) in [6, 6.07) is 11.2. The molecule has 38 nitrogen and oxygen atoms in total. The maximum Gasteiger partial charge on any atom is 0.415 e. The van der Waals surface area contributed by atoms with Crippen LogP contribution in [-0.4, -0.2) is 282 Å². The molecule has 0 spiro atoms. The van der Waals surface area contributed by atoms with Crippen molar-refractivity contribution in [1.82, 2.24) is 60.5 Å². The summed E-state index contributed by atoms with van der Waals surface area (Å²) in [6.45, 7) is 14.0. The minimum atomic E-state index is -1.96. The number of anilines is 1. The van der Waals surface area contributed by atoms with E-state index in [9.17, 15) is 57.8 Å². The van der Waals surface area contributed by atoms with Crippen LogP contribution in [0.4, 0.5) is 15.3 Å². The molecule has 38 heteroatoms. The Labute approximate surface area is 719 Å². The molecule has 9 amide bonds. The van der Waals surface area contributed by atoms with Gasteiger partial charge in [-0.15, -0.1) is 5.10 Å². The zero-order valence-electron chi connectivity index (χ0n) is 71.2. The van der Waals surface area contributed by atoms with E-state index in [0.29, 0.717) is 185 Å². The molecule has 3 aromatic heterocycles. The van der Waals surface area contributed by atoms with E-state index in [-0.39, 0.29) is 130 Å². The number of aliphatic hydroxyl groups is 1. The number of rotatable bonds is 57. The number of nitrogens with two attached hydrogens (primary N) is 1. The van der Waals surface area contributed by atoms with Gasteiger partial charge in [0.1, 0.15) is 50.0 Å². The van der Waals surface area contributed by atoms with E-state index in [2.05, 4.69) is 43.5 Å². The van der Waals surface area contributed by atoms with Crippen molar-refractivity contribution in [1.29, 1.82) is 0 Å². The van der Waals surface area contributed by atoms with Gasteiger partial charge >= 0.3 is 18.2 Å². The molecule has 8 N–H and O–H groups in total. The normalized spacial score (nSPS) is 16.3. The van der Waals surface area contributed by atoms with E-state index in [0.717, 1.165) is 29.4 Å². The van der Waals surface area contributed by atoms with Crippen LogP contribution >= 0.6 is 0 Å². The minimum Gasteiger partial charge on any atom is -0.458 e. The molecule has 1 saturated carbocycles. The van der Waals surface area contributed by atoms with Crippen molar-refractivity contribution < 1.29 is 110 Å². The summed E-state index contributed by atoms with van der Waals surface area (Å²) in [5.74, 6) is -3.34. The number of benzene rings is 2. The zero-order valence-corrected chi connectivity index (χ0v) is 71.2. The fourth-order valence-corrected chi connectivity index (χ4v) is 14.1. The van der Waals surface area contributed by atoms with Gasteiger partial charge in [0.2, 0.25) is 29.5 Å². The molecule has 6 heterocycles. The lowest BCUT2D eigenvalue weighted by molar-refractivity contribution is -0.172. The molecule has 124 heavy (non-hydrogen) atoms. The molecule has 3 atom stereocenters. The summed E-state index contributed by atoms with van der Waals surface area (Å²) in [5.41, 5.74) is 8.86. The van der Waals surface area contributed by atoms with Gasteiger partial charge in [-0.25, -0.2) is 24.0 Å².